The van der Waals surface area contributed by atoms with Crippen LogP contribution in [-0.4, -0.2) is 35.8 Å². The number of oxime groups is 1. The molecule has 0 N–H and O–H groups in total. The van der Waals surface area contributed by atoms with E-state index in [1.807, 2.05) is 56.3 Å². The number of hydrogen-bond donors (Lipinski definition) is 0. The average Bonchev–Trinajstić information content (AvgIpc) is 3.16. The van der Waals surface area contributed by atoms with Gasteiger partial charge in [0.2, 0.25) is 0 Å². The number of aliphatic carboxylic acids is 1. The summed E-state index contributed by atoms with van der Waals surface area (Å²) in [5, 5.41) is 15.6. The Kier molecular flexibility index (Phi) is 8.05. The van der Waals surface area contributed by atoms with Crippen molar-refractivity contribution in [3.63, 3.8) is 0 Å². The Morgan fingerprint density at radius 2 is 1.97 bits per heavy atom. The van der Waals surface area contributed by atoms with E-state index in [4.69, 9.17) is 21.2 Å². The first-order chi connectivity index (χ1) is 14.4. The van der Waals surface area contributed by atoms with Gasteiger partial charge in [0, 0.05) is 37.9 Å². The van der Waals surface area contributed by atoms with Gasteiger partial charge in [-0.05, 0) is 42.7 Å². The van der Waals surface area contributed by atoms with Crippen molar-refractivity contribution in [2.24, 2.45) is 11.1 Å². The summed E-state index contributed by atoms with van der Waals surface area (Å²) in [5.74, 6) is -0.636. The van der Waals surface area contributed by atoms with Gasteiger partial charge in [-0.25, -0.2) is 0 Å². The molecule has 1 unspecified atom stereocenters. The topological polar surface area (TPSA) is 74.2 Å². The molecule has 1 fully saturated rings. The van der Waals surface area contributed by atoms with E-state index >= 15 is 0 Å². The third-order valence-electron chi connectivity index (χ3n) is 5.34. The number of nitrogens with zero attached hydrogens (tertiary/aromatic N) is 2. The van der Waals surface area contributed by atoms with Crippen LogP contribution >= 0.6 is 11.6 Å². The predicted molar refractivity (Wildman–Crippen MR) is 112 cm³/mol. The molecule has 0 bridgehead atoms. The van der Waals surface area contributed by atoms with Gasteiger partial charge in [-0.3, -0.25) is 4.90 Å². The Morgan fingerprint density at radius 1 is 1.26 bits per heavy atom. The molecule has 0 aromatic heterocycles. The predicted octanol–water partition coefficient (Wildman–Crippen LogP) is 0.179. The first-order valence-electron chi connectivity index (χ1n) is 10.1. The Bertz CT molecular complexity index is 959. The molecule has 4 rings (SSSR count). The van der Waals surface area contributed by atoms with Crippen LogP contribution in [0.4, 0.5) is 0 Å². The minimum atomic E-state index is -0.959. The Balaban J connectivity index is 0.00000272. The smallest absolute Gasteiger partial charge is 0.550 e. The summed E-state index contributed by atoms with van der Waals surface area (Å²) in [6, 6.07) is 13.9. The van der Waals surface area contributed by atoms with Gasteiger partial charge in [-0.15, -0.1) is 0 Å². The molecule has 2 aliphatic rings. The van der Waals surface area contributed by atoms with Gasteiger partial charge in [0.25, 0.3) is 0 Å². The number of carbonyl (C=O) groups excluding carboxylic acids is 1. The standard InChI is InChI=1S/C23H25ClN2O4.Na/c1-14(2)29-21-8-7-17(9-19(21)24)22-10-20(25-30-22)16-5-3-15(4-6-16)11-26-12-18(13-26)23(27)28;/h3-9,14,18,22H,10-13H2,1-2H3,(H,27,28);/q;+1/p-1. The van der Waals surface area contributed by atoms with E-state index in [2.05, 4.69) is 10.1 Å². The van der Waals surface area contributed by atoms with E-state index in [0.717, 1.165) is 28.9 Å². The molecule has 2 aromatic carbocycles. The van der Waals surface area contributed by atoms with E-state index in [-0.39, 0.29) is 47.7 Å². The summed E-state index contributed by atoms with van der Waals surface area (Å²) in [7, 11) is 0. The van der Waals surface area contributed by atoms with Crippen molar-refractivity contribution in [1.82, 2.24) is 4.90 Å². The zero-order valence-corrected chi connectivity index (χ0v) is 20.8. The van der Waals surface area contributed by atoms with Gasteiger partial charge in [-0.2, -0.15) is 0 Å². The number of likely N-dealkylation sites (tertiary alicyclic amines) is 1. The molecule has 2 aromatic rings. The van der Waals surface area contributed by atoms with Crippen LogP contribution in [0.25, 0.3) is 0 Å². The van der Waals surface area contributed by atoms with E-state index in [1.54, 1.807) is 0 Å². The molecule has 2 aliphatic heterocycles. The molecule has 31 heavy (non-hydrogen) atoms. The molecule has 6 nitrogen and oxygen atoms in total. The van der Waals surface area contributed by atoms with Crippen molar-refractivity contribution in [3.05, 3.63) is 64.2 Å². The zero-order valence-electron chi connectivity index (χ0n) is 18.0. The first-order valence-corrected chi connectivity index (χ1v) is 10.5. The summed E-state index contributed by atoms with van der Waals surface area (Å²) < 4.78 is 5.68. The minimum Gasteiger partial charge on any atom is -0.550 e. The Hall–Kier alpha value is -1.57. The van der Waals surface area contributed by atoms with Crippen LogP contribution in [0.5, 0.6) is 5.75 Å². The zero-order chi connectivity index (χ0) is 21.3. The van der Waals surface area contributed by atoms with E-state index < -0.39 is 5.97 Å². The van der Waals surface area contributed by atoms with Gasteiger partial charge in [0.05, 0.1) is 16.8 Å². The van der Waals surface area contributed by atoms with Gasteiger partial charge in [0.1, 0.15) is 5.75 Å². The quantitative estimate of drug-likeness (QED) is 0.563. The van der Waals surface area contributed by atoms with Gasteiger partial charge < -0.3 is 19.5 Å². The second kappa shape index (κ2) is 10.4. The molecular formula is C23H24ClN2NaO4. The Morgan fingerprint density at radius 3 is 2.58 bits per heavy atom. The number of hydrogen-bond acceptors (Lipinski definition) is 6. The molecule has 158 valence electrons. The van der Waals surface area contributed by atoms with Gasteiger partial charge in [0.15, 0.2) is 6.10 Å². The van der Waals surface area contributed by atoms with Gasteiger partial charge >= 0.3 is 29.6 Å². The van der Waals surface area contributed by atoms with E-state index in [0.29, 0.717) is 30.3 Å². The minimum absolute atomic E-state index is 0. The van der Waals surface area contributed by atoms with Crippen LogP contribution in [-0.2, 0) is 16.2 Å². The summed E-state index contributed by atoms with van der Waals surface area (Å²) >= 11 is 6.35. The molecule has 8 heteroatoms. The Labute approximate surface area is 209 Å². The largest absolute Gasteiger partial charge is 1.00 e. The number of ether oxygens (including phenoxy) is 1. The molecule has 0 aliphatic carbocycles. The molecule has 0 radical (unpaired) electrons. The molecule has 2 heterocycles. The number of carboxylic acids is 1. The molecular weight excluding hydrogens is 427 g/mol. The van der Waals surface area contributed by atoms with Crippen LogP contribution < -0.4 is 39.4 Å². The fraction of sp³-hybridized carbons (Fsp3) is 0.391. The van der Waals surface area contributed by atoms with Crippen LogP contribution in [0.2, 0.25) is 5.02 Å². The maximum absolute atomic E-state index is 10.8. The van der Waals surface area contributed by atoms with Crippen molar-refractivity contribution < 1.29 is 49.0 Å². The third-order valence-corrected chi connectivity index (χ3v) is 5.64. The fourth-order valence-electron chi connectivity index (χ4n) is 3.70. The number of carboxylic acid groups (broad SMARTS) is 1. The van der Waals surface area contributed by atoms with Crippen molar-refractivity contribution in [3.8, 4) is 5.75 Å². The SMILES string of the molecule is CC(C)Oc1ccc(C2CC(c3ccc(CN4CC(C(=O)[O-])C4)cc3)=NO2)cc1Cl.[Na+]. The number of carbonyl (C=O) groups is 1. The van der Waals surface area contributed by atoms with E-state index in [9.17, 15) is 9.90 Å². The summed E-state index contributed by atoms with van der Waals surface area (Å²) in [6.07, 6.45) is 0.554. The molecule has 1 atom stereocenters. The van der Waals surface area contributed by atoms with Crippen molar-refractivity contribution in [1.29, 1.82) is 0 Å². The van der Waals surface area contributed by atoms with Crippen LogP contribution in [0.1, 0.15) is 43.1 Å². The van der Waals surface area contributed by atoms with Crippen LogP contribution in [0, 0.1) is 5.92 Å². The second-order valence-corrected chi connectivity index (χ2v) is 8.51. The first kappa shape index (κ1) is 24.1. The second-order valence-electron chi connectivity index (χ2n) is 8.10. The average molecular weight is 451 g/mol. The number of halogens is 1. The third kappa shape index (κ3) is 5.82. The van der Waals surface area contributed by atoms with Crippen molar-refractivity contribution in [2.45, 2.75) is 39.0 Å². The maximum atomic E-state index is 10.8. The fourth-order valence-corrected chi connectivity index (χ4v) is 3.94. The number of rotatable bonds is 7. The van der Waals surface area contributed by atoms with Gasteiger partial charge in [-0.1, -0.05) is 47.1 Å². The monoisotopic (exact) mass is 450 g/mol. The summed E-state index contributed by atoms with van der Waals surface area (Å²) in [5.41, 5.74) is 4.01. The number of benzene rings is 2. The normalized spacial score (nSPS) is 18.7. The molecule has 0 spiro atoms. The van der Waals surface area contributed by atoms with Crippen LogP contribution in [0.3, 0.4) is 0 Å². The van der Waals surface area contributed by atoms with Crippen molar-refractivity contribution in [2.75, 3.05) is 13.1 Å². The molecule has 1 saturated heterocycles. The summed E-state index contributed by atoms with van der Waals surface area (Å²) in [4.78, 5) is 18.6. The van der Waals surface area contributed by atoms with E-state index in [1.165, 1.54) is 0 Å². The summed E-state index contributed by atoms with van der Waals surface area (Å²) in [6.45, 7) is 5.76. The maximum Gasteiger partial charge on any atom is 1.00 e. The molecule has 0 amide bonds. The van der Waals surface area contributed by atoms with Crippen LogP contribution in [0.15, 0.2) is 47.6 Å². The van der Waals surface area contributed by atoms with Crippen molar-refractivity contribution >= 4 is 23.3 Å². The molecule has 0 saturated carbocycles.